The lowest BCUT2D eigenvalue weighted by Crippen LogP contribution is -2.43. The highest BCUT2D eigenvalue weighted by molar-refractivity contribution is 6.23. The molecular weight excluding hydrogens is 240 g/mol. The monoisotopic (exact) mass is 260 g/mol. The van der Waals surface area contributed by atoms with E-state index in [4.69, 9.17) is 4.74 Å². The molecule has 3 nitrogen and oxygen atoms in total. The summed E-state index contributed by atoms with van der Waals surface area (Å²) in [5.41, 5.74) is 2.16. The Morgan fingerprint density at radius 3 is 2.26 bits per heavy atom. The van der Waals surface area contributed by atoms with Crippen LogP contribution in [0, 0.1) is 12.3 Å². The topological polar surface area (TPSA) is 46.5 Å². The zero-order valence-electron chi connectivity index (χ0n) is 11.8. The standard InChI is InChI=1S/C16H20O3/c1-10-5-7-11(8-6-10)12-9-13(17)19-15(14(12)18)16(2,3)4/h5-9,13,15,17H,1-4H3/t13?,15-/m1/s1. The molecule has 0 saturated carbocycles. The Hall–Kier alpha value is -1.45. The quantitative estimate of drug-likeness (QED) is 0.844. The van der Waals surface area contributed by atoms with Crippen LogP contribution in [0.4, 0.5) is 0 Å². The second-order valence-corrected chi connectivity index (χ2v) is 6.08. The Morgan fingerprint density at radius 2 is 1.74 bits per heavy atom. The van der Waals surface area contributed by atoms with Gasteiger partial charge in [-0.2, -0.15) is 0 Å². The zero-order valence-corrected chi connectivity index (χ0v) is 11.8. The van der Waals surface area contributed by atoms with Crippen LogP contribution in [0.5, 0.6) is 0 Å². The molecule has 0 aromatic heterocycles. The third kappa shape index (κ3) is 2.94. The molecule has 0 aliphatic carbocycles. The molecule has 0 radical (unpaired) electrons. The van der Waals surface area contributed by atoms with E-state index in [1.54, 1.807) is 0 Å². The Balaban J connectivity index is 2.39. The van der Waals surface area contributed by atoms with Gasteiger partial charge in [0.05, 0.1) is 0 Å². The summed E-state index contributed by atoms with van der Waals surface area (Å²) in [5.74, 6) is -0.0679. The third-order valence-electron chi connectivity index (χ3n) is 3.24. The number of rotatable bonds is 1. The number of ketones is 1. The van der Waals surface area contributed by atoms with Crippen LogP contribution >= 0.6 is 0 Å². The van der Waals surface area contributed by atoms with Gasteiger partial charge in [0.2, 0.25) is 0 Å². The lowest BCUT2D eigenvalue weighted by molar-refractivity contribution is -0.162. The number of Topliss-reactive ketones (excluding diaryl/α,β-unsaturated/α-hetero) is 1. The van der Waals surface area contributed by atoms with Crippen LogP contribution in [-0.2, 0) is 9.53 Å². The lowest BCUT2D eigenvalue weighted by Gasteiger charge is -2.34. The molecule has 1 aromatic rings. The first-order valence-electron chi connectivity index (χ1n) is 6.45. The number of carbonyl (C=O) groups is 1. The fraction of sp³-hybridized carbons (Fsp3) is 0.438. The summed E-state index contributed by atoms with van der Waals surface area (Å²) in [7, 11) is 0. The maximum absolute atomic E-state index is 12.5. The predicted octanol–water partition coefficient (Wildman–Crippen LogP) is 2.71. The van der Waals surface area contributed by atoms with Crippen molar-refractivity contribution in [3.05, 3.63) is 41.5 Å². The molecule has 1 heterocycles. The summed E-state index contributed by atoms with van der Waals surface area (Å²) in [5, 5.41) is 9.80. The van der Waals surface area contributed by atoms with E-state index in [0.717, 1.165) is 11.1 Å². The molecule has 3 heteroatoms. The van der Waals surface area contributed by atoms with Crippen molar-refractivity contribution in [3.8, 4) is 0 Å². The fourth-order valence-corrected chi connectivity index (χ4v) is 2.18. The van der Waals surface area contributed by atoms with Gasteiger partial charge in [-0.3, -0.25) is 4.79 Å². The summed E-state index contributed by atoms with van der Waals surface area (Å²) in [6, 6.07) is 7.71. The summed E-state index contributed by atoms with van der Waals surface area (Å²) in [4.78, 5) is 12.5. The molecule has 1 N–H and O–H groups in total. The second-order valence-electron chi connectivity index (χ2n) is 6.08. The van der Waals surface area contributed by atoms with Gasteiger partial charge in [0.15, 0.2) is 12.1 Å². The Bertz CT molecular complexity index is 506. The molecule has 0 saturated heterocycles. The van der Waals surface area contributed by atoms with Crippen LogP contribution in [0.1, 0.15) is 31.9 Å². The third-order valence-corrected chi connectivity index (χ3v) is 3.24. The molecule has 2 rings (SSSR count). The van der Waals surface area contributed by atoms with Crippen LogP contribution in [0.15, 0.2) is 30.3 Å². The molecule has 1 aliphatic rings. The maximum Gasteiger partial charge on any atom is 0.192 e. The molecule has 0 bridgehead atoms. The van der Waals surface area contributed by atoms with E-state index in [0.29, 0.717) is 5.57 Å². The first kappa shape index (κ1) is 14.0. The van der Waals surface area contributed by atoms with Crippen molar-refractivity contribution in [2.24, 2.45) is 5.41 Å². The molecular formula is C16H20O3. The number of aliphatic hydroxyl groups is 1. The van der Waals surface area contributed by atoms with Gasteiger partial charge in [0, 0.05) is 5.57 Å². The molecule has 0 fully saturated rings. The number of hydrogen-bond acceptors (Lipinski definition) is 3. The Morgan fingerprint density at radius 1 is 1.16 bits per heavy atom. The van der Waals surface area contributed by atoms with E-state index in [1.165, 1.54) is 6.08 Å². The van der Waals surface area contributed by atoms with Crippen LogP contribution in [-0.4, -0.2) is 23.3 Å². The van der Waals surface area contributed by atoms with Crippen molar-refractivity contribution in [1.29, 1.82) is 0 Å². The van der Waals surface area contributed by atoms with E-state index in [9.17, 15) is 9.90 Å². The van der Waals surface area contributed by atoms with E-state index in [-0.39, 0.29) is 11.2 Å². The first-order valence-corrected chi connectivity index (χ1v) is 6.45. The van der Waals surface area contributed by atoms with Gasteiger partial charge in [-0.05, 0) is 24.0 Å². The van der Waals surface area contributed by atoms with E-state index < -0.39 is 12.4 Å². The largest absolute Gasteiger partial charge is 0.365 e. The summed E-state index contributed by atoms with van der Waals surface area (Å²) in [6.07, 6.45) is -0.170. The highest BCUT2D eigenvalue weighted by Gasteiger charge is 2.38. The van der Waals surface area contributed by atoms with Crippen LogP contribution in [0.3, 0.4) is 0 Å². The number of aryl methyl sites for hydroxylation is 1. The number of hydrogen-bond donors (Lipinski definition) is 1. The molecule has 1 aromatic carbocycles. The smallest absolute Gasteiger partial charge is 0.192 e. The van der Waals surface area contributed by atoms with Crippen LogP contribution in [0.25, 0.3) is 5.57 Å². The fourth-order valence-electron chi connectivity index (χ4n) is 2.18. The maximum atomic E-state index is 12.5. The van der Waals surface area contributed by atoms with Crippen molar-refractivity contribution >= 4 is 11.4 Å². The van der Waals surface area contributed by atoms with Crippen molar-refractivity contribution in [2.75, 3.05) is 0 Å². The second kappa shape index (κ2) is 4.91. The summed E-state index contributed by atoms with van der Waals surface area (Å²) in [6.45, 7) is 7.79. The number of carbonyl (C=O) groups excluding carboxylic acids is 1. The SMILES string of the molecule is Cc1ccc(C2=CC(O)O[C@@H](C(C)(C)C)C2=O)cc1. The highest BCUT2D eigenvalue weighted by Crippen LogP contribution is 2.33. The average molecular weight is 260 g/mol. The van der Waals surface area contributed by atoms with Gasteiger partial charge in [0.1, 0.15) is 6.10 Å². The van der Waals surface area contributed by atoms with Gasteiger partial charge in [-0.25, -0.2) is 0 Å². The van der Waals surface area contributed by atoms with Gasteiger partial charge in [-0.1, -0.05) is 50.6 Å². The van der Waals surface area contributed by atoms with E-state index in [1.807, 2.05) is 52.0 Å². The molecule has 1 aliphatic heterocycles. The Labute approximate surface area is 113 Å². The molecule has 2 atom stereocenters. The minimum Gasteiger partial charge on any atom is -0.365 e. The van der Waals surface area contributed by atoms with Gasteiger partial charge in [0.25, 0.3) is 0 Å². The Kier molecular flexibility index (Phi) is 3.61. The average Bonchev–Trinajstić information content (AvgIpc) is 2.31. The zero-order chi connectivity index (χ0) is 14.2. The van der Waals surface area contributed by atoms with Crippen molar-refractivity contribution in [1.82, 2.24) is 0 Å². The minimum absolute atomic E-state index is 0.0679. The number of ether oxygens (including phenoxy) is 1. The van der Waals surface area contributed by atoms with E-state index in [2.05, 4.69) is 0 Å². The number of aliphatic hydroxyl groups excluding tert-OH is 1. The molecule has 0 spiro atoms. The first-order chi connectivity index (χ1) is 8.79. The normalized spacial score (nSPS) is 24.3. The molecule has 102 valence electrons. The molecule has 0 amide bonds. The lowest BCUT2D eigenvalue weighted by atomic mass is 9.81. The predicted molar refractivity (Wildman–Crippen MR) is 74.5 cm³/mol. The van der Waals surface area contributed by atoms with Crippen molar-refractivity contribution < 1.29 is 14.6 Å². The summed E-state index contributed by atoms with van der Waals surface area (Å²) >= 11 is 0. The van der Waals surface area contributed by atoms with Crippen molar-refractivity contribution in [3.63, 3.8) is 0 Å². The number of benzene rings is 1. The molecule has 19 heavy (non-hydrogen) atoms. The van der Waals surface area contributed by atoms with Gasteiger partial charge >= 0.3 is 0 Å². The molecule has 1 unspecified atom stereocenters. The van der Waals surface area contributed by atoms with E-state index >= 15 is 0 Å². The summed E-state index contributed by atoms with van der Waals surface area (Å²) < 4.78 is 5.37. The van der Waals surface area contributed by atoms with Gasteiger partial charge < -0.3 is 9.84 Å². The minimum atomic E-state index is -1.03. The van der Waals surface area contributed by atoms with Gasteiger partial charge in [-0.15, -0.1) is 0 Å². The van der Waals surface area contributed by atoms with Crippen LogP contribution in [0.2, 0.25) is 0 Å². The van der Waals surface area contributed by atoms with Crippen LogP contribution < -0.4 is 0 Å². The highest BCUT2D eigenvalue weighted by atomic mass is 16.6. The van der Waals surface area contributed by atoms with Crippen molar-refractivity contribution in [2.45, 2.75) is 40.1 Å².